The van der Waals surface area contributed by atoms with Crippen molar-refractivity contribution in [2.24, 2.45) is 0 Å². The average molecular weight is 226 g/mol. The van der Waals surface area contributed by atoms with Gasteiger partial charge in [-0.1, -0.05) is 0 Å². The van der Waals surface area contributed by atoms with Crippen LogP contribution in [0.2, 0.25) is 0 Å². The van der Waals surface area contributed by atoms with Crippen molar-refractivity contribution in [2.45, 2.75) is 50.6 Å². The van der Waals surface area contributed by atoms with Crippen molar-refractivity contribution in [1.29, 1.82) is 0 Å². The Kier molecular flexibility index (Phi) is 3.50. The van der Waals surface area contributed by atoms with E-state index in [4.69, 9.17) is 0 Å². The molecule has 4 heteroatoms. The van der Waals surface area contributed by atoms with Gasteiger partial charge in [0.15, 0.2) is 0 Å². The monoisotopic (exact) mass is 226 g/mol. The molecule has 0 aromatic carbocycles. The number of aliphatic carboxylic acids is 1. The number of nitrogens with zero attached hydrogens (tertiary/aromatic N) is 1. The van der Waals surface area contributed by atoms with Crippen LogP contribution in [-0.4, -0.2) is 47.2 Å². The van der Waals surface area contributed by atoms with E-state index in [2.05, 4.69) is 10.2 Å². The Labute approximate surface area is 97.0 Å². The summed E-state index contributed by atoms with van der Waals surface area (Å²) < 4.78 is 0. The summed E-state index contributed by atoms with van der Waals surface area (Å²) >= 11 is 0. The highest BCUT2D eigenvalue weighted by Crippen LogP contribution is 2.32. The average Bonchev–Trinajstić information content (AvgIpc) is 2.30. The molecule has 2 heterocycles. The molecule has 4 nitrogen and oxygen atoms in total. The minimum Gasteiger partial charge on any atom is -0.480 e. The number of hydrogen-bond donors (Lipinski definition) is 2. The van der Waals surface area contributed by atoms with Crippen LogP contribution >= 0.6 is 0 Å². The molecule has 0 spiro atoms. The minimum absolute atomic E-state index is 0.461. The Morgan fingerprint density at radius 2 is 2.06 bits per heavy atom. The molecular weight excluding hydrogens is 204 g/mol. The van der Waals surface area contributed by atoms with Crippen molar-refractivity contribution in [2.75, 3.05) is 19.6 Å². The predicted molar refractivity (Wildman–Crippen MR) is 62.5 cm³/mol. The van der Waals surface area contributed by atoms with E-state index in [1.807, 2.05) is 6.92 Å². The first-order valence-corrected chi connectivity index (χ1v) is 6.35. The zero-order valence-electron chi connectivity index (χ0n) is 10.0. The maximum Gasteiger partial charge on any atom is 0.323 e. The van der Waals surface area contributed by atoms with E-state index in [1.54, 1.807) is 0 Å². The first kappa shape index (κ1) is 11.9. The van der Waals surface area contributed by atoms with Gasteiger partial charge in [0.1, 0.15) is 5.54 Å². The van der Waals surface area contributed by atoms with Crippen LogP contribution in [-0.2, 0) is 4.79 Å². The van der Waals surface area contributed by atoms with Crippen LogP contribution in [0.3, 0.4) is 0 Å². The number of hydrogen-bond acceptors (Lipinski definition) is 3. The molecule has 2 rings (SSSR count). The highest BCUT2D eigenvalue weighted by molar-refractivity contribution is 5.78. The van der Waals surface area contributed by atoms with Crippen LogP contribution in [0, 0.1) is 0 Å². The van der Waals surface area contributed by atoms with Gasteiger partial charge in [0, 0.05) is 6.04 Å². The Balaban J connectivity index is 2.12. The minimum atomic E-state index is -0.647. The molecule has 2 aliphatic heterocycles. The molecule has 16 heavy (non-hydrogen) atoms. The van der Waals surface area contributed by atoms with Crippen LogP contribution in [0.1, 0.15) is 39.0 Å². The van der Waals surface area contributed by atoms with Gasteiger partial charge in [-0.15, -0.1) is 0 Å². The maximum absolute atomic E-state index is 11.5. The zero-order chi connectivity index (χ0) is 11.6. The van der Waals surface area contributed by atoms with Crippen molar-refractivity contribution in [1.82, 2.24) is 10.2 Å². The van der Waals surface area contributed by atoms with Crippen LogP contribution < -0.4 is 5.32 Å². The second-order valence-electron chi connectivity index (χ2n) is 5.21. The molecule has 0 radical (unpaired) electrons. The lowest BCUT2D eigenvalue weighted by molar-refractivity contribution is -0.155. The Hall–Kier alpha value is -0.610. The van der Waals surface area contributed by atoms with E-state index in [9.17, 15) is 9.90 Å². The van der Waals surface area contributed by atoms with E-state index >= 15 is 0 Å². The summed E-state index contributed by atoms with van der Waals surface area (Å²) in [6, 6.07) is 0.461. The molecule has 2 aliphatic rings. The highest BCUT2D eigenvalue weighted by atomic mass is 16.4. The van der Waals surface area contributed by atoms with Gasteiger partial charge in [0.05, 0.1) is 0 Å². The molecular formula is C12H22N2O2. The molecule has 0 aliphatic carbocycles. The SMILES string of the molecule is C[C@@]1(C(=O)O)CCCCN1C1CCNCC1. The fourth-order valence-corrected chi connectivity index (χ4v) is 3.08. The van der Waals surface area contributed by atoms with Gasteiger partial charge in [-0.3, -0.25) is 9.69 Å². The summed E-state index contributed by atoms with van der Waals surface area (Å²) in [5, 5.41) is 12.8. The highest BCUT2D eigenvalue weighted by Gasteiger charge is 2.44. The van der Waals surface area contributed by atoms with Gasteiger partial charge in [-0.05, 0) is 58.7 Å². The molecule has 0 aromatic heterocycles. The van der Waals surface area contributed by atoms with Gasteiger partial charge in [0.25, 0.3) is 0 Å². The van der Waals surface area contributed by atoms with E-state index in [1.165, 1.54) is 0 Å². The Bertz CT molecular complexity index is 264. The summed E-state index contributed by atoms with van der Waals surface area (Å²) in [6.07, 6.45) is 5.16. The number of rotatable bonds is 2. The quantitative estimate of drug-likeness (QED) is 0.739. The van der Waals surface area contributed by atoms with E-state index < -0.39 is 11.5 Å². The van der Waals surface area contributed by atoms with E-state index in [0.29, 0.717) is 6.04 Å². The number of nitrogens with one attached hydrogen (secondary N) is 1. The van der Waals surface area contributed by atoms with Crippen molar-refractivity contribution in [3.8, 4) is 0 Å². The zero-order valence-corrected chi connectivity index (χ0v) is 10.0. The molecule has 0 aromatic rings. The molecule has 2 N–H and O–H groups in total. The van der Waals surface area contributed by atoms with Crippen molar-refractivity contribution in [3.05, 3.63) is 0 Å². The lowest BCUT2D eigenvalue weighted by Gasteiger charge is -2.47. The normalized spacial score (nSPS) is 33.8. The third-order valence-electron chi connectivity index (χ3n) is 4.16. The summed E-state index contributed by atoms with van der Waals surface area (Å²) in [7, 11) is 0. The van der Waals surface area contributed by atoms with Crippen LogP contribution in [0.25, 0.3) is 0 Å². The lowest BCUT2D eigenvalue weighted by atomic mass is 9.85. The summed E-state index contributed by atoms with van der Waals surface area (Å²) in [4.78, 5) is 13.7. The first-order valence-electron chi connectivity index (χ1n) is 6.35. The fourth-order valence-electron chi connectivity index (χ4n) is 3.08. The van der Waals surface area contributed by atoms with Crippen LogP contribution in [0.5, 0.6) is 0 Å². The molecule has 0 bridgehead atoms. The lowest BCUT2D eigenvalue weighted by Crippen LogP contribution is -2.60. The molecule has 2 fully saturated rings. The fraction of sp³-hybridized carbons (Fsp3) is 0.917. The number of piperidine rings is 2. The molecule has 0 unspecified atom stereocenters. The number of likely N-dealkylation sites (tertiary alicyclic amines) is 1. The summed E-state index contributed by atoms with van der Waals surface area (Å²) in [5.41, 5.74) is -0.625. The van der Waals surface area contributed by atoms with E-state index in [-0.39, 0.29) is 0 Å². The predicted octanol–water partition coefficient (Wildman–Crippen LogP) is 1.07. The van der Waals surface area contributed by atoms with Crippen molar-refractivity contribution >= 4 is 5.97 Å². The van der Waals surface area contributed by atoms with Crippen molar-refractivity contribution < 1.29 is 9.90 Å². The number of carboxylic acid groups (broad SMARTS) is 1. The molecule has 2 saturated heterocycles. The third-order valence-corrected chi connectivity index (χ3v) is 4.16. The number of carboxylic acids is 1. The van der Waals surface area contributed by atoms with Crippen LogP contribution in [0.15, 0.2) is 0 Å². The van der Waals surface area contributed by atoms with E-state index in [0.717, 1.165) is 51.7 Å². The van der Waals surface area contributed by atoms with Gasteiger partial charge in [-0.25, -0.2) is 0 Å². The summed E-state index contributed by atoms with van der Waals surface area (Å²) in [5.74, 6) is -0.647. The maximum atomic E-state index is 11.5. The Morgan fingerprint density at radius 1 is 1.38 bits per heavy atom. The number of carbonyl (C=O) groups is 1. The van der Waals surface area contributed by atoms with Gasteiger partial charge in [0.2, 0.25) is 0 Å². The van der Waals surface area contributed by atoms with Gasteiger partial charge in [-0.2, -0.15) is 0 Å². The molecule has 0 amide bonds. The topological polar surface area (TPSA) is 52.6 Å². The first-order chi connectivity index (χ1) is 7.64. The second-order valence-corrected chi connectivity index (χ2v) is 5.21. The summed E-state index contributed by atoms with van der Waals surface area (Å²) in [6.45, 7) is 4.90. The molecule has 0 saturated carbocycles. The van der Waals surface area contributed by atoms with Crippen molar-refractivity contribution in [3.63, 3.8) is 0 Å². The van der Waals surface area contributed by atoms with Gasteiger partial charge >= 0.3 is 5.97 Å². The third kappa shape index (κ3) is 2.09. The smallest absolute Gasteiger partial charge is 0.323 e. The largest absolute Gasteiger partial charge is 0.480 e. The van der Waals surface area contributed by atoms with Gasteiger partial charge < -0.3 is 10.4 Å². The standard InChI is InChI=1S/C12H22N2O2/c1-12(11(15)16)6-2-3-9-14(12)10-4-7-13-8-5-10/h10,13H,2-9H2,1H3,(H,15,16)/t12-/m0/s1. The second kappa shape index (κ2) is 4.72. The molecule has 1 atom stereocenters. The Morgan fingerprint density at radius 3 is 2.69 bits per heavy atom. The molecule has 92 valence electrons. The van der Waals surface area contributed by atoms with Crippen LogP contribution in [0.4, 0.5) is 0 Å².